The molecule has 0 unspecified atom stereocenters. The van der Waals surface area contributed by atoms with Crippen molar-refractivity contribution in [2.24, 2.45) is 0 Å². The van der Waals surface area contributed by atoms with Crippen LogP contribution >= 0.6 is 15.9 Å². The number of fused-ring (bicyclic) bond motifs is 1. The molecule has 0 fully saturated rings. The molecule has 4 heteroatoms. The van der Waals surface area contributed by atoms with Crippen LogP contribution in [0.4, 0.5) is 0 Å². The average Bonchev–Trinajstić information content (AvgIpc) is 2.47. The number of pyridine rings is 2. The summed E-state index contributed by atoms with van der Waals surface area (Å²) in [5.74, 6) is 0.829. The second-order valence-corrected chi connectivity index (χ2v) is 5.00. The van der Waals surface area contributed by atoms with Gasteiger partial charge in [0.1, 0.15) is 12.4 Å². The van der Waals surface area contributed by atoms with Crippen LogP contribution in [0.25, 0.3) is 10.9 Å². The molecule has 2 heterocycles. The Morgan fingerprint density at radius 3 is 2.79 bits per heavy atom. The van der Waals surface area contributed by atoms with Crippen molar-refractivity contribution in [1.82, 2.24) is 9.97 Å². The van der Waals surface area contributed by atoms with Crippen molar-refractivity contribution >= 4 is 26.8 Å². The van der Waals surface area contributed by atoms with Gasteiger partial charge in [-0.15, -0.1) is 0 Å². The van der Waals surface area contributed by atoms with Crippen LogP contribution in [0.15, 0.2) is 59.3 Å². The fourth-order valence-electron chi connectivity index (χ4n) is 1.84. The summed E-state index contributed by atoms with van der Waals surface area (Å²) < 4.78 is 6.79. The van der Waals surface area contributed by atoms with Crippen LogP contribution in [0, 0.1) is 0 Å². The van der Waals surface area contributed by atoms with Gasteiger partial charge in [0.2, 0.25) is 0 Å². The second-order valence-electron chi connectivity index (χ2n) is 4.08. The number of ether oxygens (including phenoxy) is 1. The smallest absolute Gasteiger partial charge is 0.130 e. The summed E-state index contributed by atoms with van der Waals surface area (Å²) in [7, 11) is 0. The van der Waals surface area contributed by atoms with Gasteiger partial charge in [0.25, 0.3) is 0 Å². The van der Waals surface area contributed by atoms with Crippen molar-refractivity contribution in [3.8, 4) is 5.75 Å². The third-order valence-corrected chi connectivity index (χ3v) is 3.24. The minimum Gasteiger partial charge on any atom is -0.487 e. The molecule has 0 saturated heterocycles. The van der Waals surface area contributed by atoms with Crippen molar-refractivity contribution in [1.29, 1.82) is 0 Å². The highest BCUT2D eigenvalue weighted by Gasteiger charge is 2.03. The van der Waals surface area contributed by atoms with Crippen LogP contribution in [-0.2, 0) is 6.61 Å². The van der Waals surface area contributed by atoms with Gasteiger partial charge in [-0.3, -0.25) is 9.97 Å². The highest BCUT2D eigenvalue weighted by molar-refractivity contribution is 9.10. The van der Waals surface area contributed by atoms with E-state index in [-0.39, 0.29) is 0 Å². The Labute approximate surface area is 119 Å². The Hall–Kier alpha value is -1.94. The van der Waals surface area contributed by atoms with Crippen molar-refractivity contribution in [3.63, 3.8) is 0 Å². The first kappa shape index (κ1) is 12.1. The molecular weight excluding hydrogens is 304 g/mol. The number of benzene rings is 1. The Bertz CT molecular complexity index is 693. The number of halogens is 1. The average molecular weight is 315 g/mol. The van der Waals surface area contributed by atoms with Gasteiger partial charge < -0.3 is 4.74 Å². The van der Waals surface area contributed by atoms with Crippen LogP contribution < -0.4 is 4.74 Å². The number of rotatable bonds is 3. The van der Waals surface area contributed by atoms with E-state index in [0.29, 0.717) is 6.61 Å². The van der Waals surface area contributed by atoms with Gasteiger partial charge in [0, 0.05) is 22.3 Å². The van der Waals surface area contributed by atoms with E-state index in [9.17, 15) is 0 Å². The molecule has 0 radical (unpaired) electrons. The van der Waals surface area contributed by atoms with Gasteiger partial charge in [0.15, 0.2) is 0 Å². The van der Waals surface area contributed by atoms with Gasteiger partial charge in [-0.2, -0.15) is 0 Å². The topological polar surface area (TPSA) is 35.0 Å². The molecule has 2 aromatic heterocycles. The first-order chi connectivity index (χ1) is 9.33. The zero-order chi connectivity index (χ0) is 13.1. The van der Waals surface area contributed by atoms with Crippen molar-refractivity contribution in [3.05, 3.63) is 65.0 Å². The normalized spacial score (nSPS) is 10.6. The molecule has 0 amide bonds. The minimum absolute atomic E-state index is 0.446. The van der Waals surface area contributed by atoms with Gasteiger partial charge in [0.05, 0.1) is 11.2 Å². The number of hydrogen-bond acceptors (Lipinski definition) is 3. The zero-order valence-corrected chi connectivity index (χ0v) is 11.7. The van der Waals surface area contributed by atoms with Crippen LogP contribution in [0.3, 0.4) is 0 Å². The number of hydrogen-bond donors (Lipinski definition) is 0. The molecule has 0 N–H and O–H groups in total. The maximum Gasteiger partial charge on any atom is 0.130 e. The molecule has 0 saturated carbocycles. The molecule has 0 atom stereocenters. The van der Waals surface area contributed by atoms with E-state index in [1.165, 1.54) is 0 Å². The van der Waals surface area contributed by atoms with E-state index < -0.39 is 0 Å². The highest BCUT2D eigenvalue weighted by atomic mass is 79.9. The van der Waals surface area contributed by atoms with Crippen LogP contribution in [0.1, 0.15) is 5.69 Å². The molecule has 94 valence electrons. The summed E-state index contributed by atoms with van der Waals surface area (Å²) in [4.78, 5) is 8.59. The van der Waals surface area contributed by atoms with Crippen LogP contribution in [-0.4, -0.2) is 9.97 Å². The van der Waals surface area contributed by atoms with E-state index in [4.69, 9.17) is 4.74 Å². The summed E-state index contributed by atoms with van der Waals surface area (Å²) in [6.07, 6.45) is 3.55. The number of nitrogens with zero attached hydrogens (tertiary/aromatic N) is 2. The summed E-state index contributed by atoms with van der Waals surface area (Å²) in [6, 6.07) is 13.7. The molecule has 0 aliphatic heterocycles. The van der Waals surface area contributed by atoms with E-state index in [1.54, 1.807) is 12.4 Å². The predicted molar refractivity (Wildman–Crippen MR) is 78.0 cm³/mol. The summed E-state index contributed by atoms with van der Waals surface area (Å²) in [5, 5.41) is 1.02. The molecular formula is C15H11BrN2O. The molecule has 1 aromatic carbocycles. The van der Waals surface area contributed by atoms with E-state index in [2.05, 4.69) is 25.9 Å². The van der Waals surface area contributed by atoms with Crippen molar-refractivity contribution in [2.75, 3.05) is 0 Å². The van der Waals surface area contributed by atoms with Crippen molar-refractivity contribution < 1.29 is 4.74 Å². The highest BCUT2D eigenvalue weighted by Crippen LogP contribution is 2.24. The number of aromatic nitrogens is 2. The van der Waals surface area contributed by atoms with E-state index in [1.807, 2.05) is 42.5 Å². The fraction of sp³-hybridized carbons (Fsp3) is 0.0667. The lowest BCUT2D eigenvalue weighted by Gasteiger charge is -2.08. The zero-order valence-electron chi connectivity index (χ0n) is 10.1. The van der Waals surface area contributed by atoms with E-state index >= 15 is 0 Å². The Kier molecular flexibility index (Phi) is 3.42. The monoisotopic (exact) mass is 314 g/mol. The largest absolute Gasteiger partial charge is 0.487 e. The first-order valence-corrected chi connectivity index (χ1v) is 6.69. The molecule has 3 rings (SSSR count). The SMILES string of the molecule is Brc1ccc(COc2cccc3ncccc23)nc1. The lowest BCUT2D eigenvalue weighted by Crippen LogP contribution is -1.98. The third-order valence-electron chi connectivity index (χ3n) is 2.77. The third kappa shape index (κ3) is 2.74. The van der Waals surface area contributed by atoms with Gasteiger partial charge >= 0.3 is 0 Å². The predicted octanol–water partition coefficient (Wildman–Crippen LogP) is 3.97. The molecule has 0 spiro atoms. The van der Waals surface area contributed by atoms with Crippen LogP contribution in [0.2, 0.25) is 0 Å². The van der Waals surface area contributed by atoms with Gasteiger partial charge in [-0.25, -0.2) is 0 Å². The molecule has 3 aromatic rings. The Balaban J connectivity index is 1.84. The Morgan fingerprint density at radius 1 is 1.00 bits per heavy atom. The lowest BCUT2D eigenvalue weighted by atomic mass is 10.2. The van der Waals surface area contributed by atoms with Gasteiger partial charge in [-0.1, -0.05) is 6.07 Å². The van der Waals surface area contributed by atoms with E-state index in [0.717, 1.165) is 26.8 Å². The molecule has 0 aliphatic rings. The maximum absolute atomic E-state index is 5.83. The minimum atomic E-state index is 0.446. The molecule has 3 nitrogen and oxygen atoms in total. The molecule has 0 aliphatic carbocycles. The second kappa shape index (κ2) is 5.36. The quantitative estimate of drug-likeness (QED) is 0.733. The van der Waals surface area contributed by atoms with Crippen LogP contribution in [0.5, 0.6) is 5.75 Å². The summed E-state index contributed by atoms with van der Waals surface area (Å²) >= 11 is 3.36. The first-order valence-electron chi connectivity index (χ1n) is 5.90. The lowest BCUT2D eigenvalue weighted by molar-refractivity contribution is 0.305. The fourth-order valence-corrected chi connectivity index (χ4v) is 2.08. The standard InChI is InChI=1S/C15H11BrN2O/c16-11-6-7-12(18-9-11)10-19-15-5-1-4-14-13(15)3-2-8-17-14/h1-9H,10H2. The molecule has 0 bridgehead atoms. The summed E-state index contributed by atoms with van der Waals surface area (Å²) in [6.45, 7) is 0.446. The Morgan fingerprint density at radius 2 is 1.95 bits per heavy atom. The molecule has 19 heavy (non-hydrogen) atoms. The summed E-state index contributed by atoms with van der Waals surface area (Å²) in [5.41, 5.74) is 1.83. The van der Waals surface area contributed by atoms with Crippen molar-refractivity contribution in [2.45, 2.75) is 6.61 Å². The van der Waals surface area contributed by atoms with Gasteiger partial charge in [-0.05, 0) is 52.3 Å². The maximum atomic E-state index is 5.83.